The first-order valence-electron chi connectivity index (χ1n) is 12.7. The number of benzene rings is 2. The van der Waals surface area contributed by atoms with Gasteiger partial charge in [0.05, 0.1) is 40.6 Å². The lowest BCUT2D eigenvalue weighted by Gasteiger charge is -2.08. The average Bonchev–Trinajstić information content (AvgIpc) is 3.00. The van der Waals surface area contributed by atoms with Crippen molar-refractivity contribution in [3.05, 3.63) is 71.8 Å². The molecule has 0 aliphatic rings. The summed E-state index contributed by atoms with van der Waals surface area (Å²) in [6.45, 7) is 0.723. The topological polar surface area (TPSA) is 183 Å². The molecule has 0 saturated carbocycles. The summed E-state index contributed by atoms with van der Waals surface area (Å²) in [7, 11) is -5.90. The highest BCUT2D eigenvalue weighted by atomic mass is 32.2. The Hall–Kier alpha value is -3.16. The van der Waals surface area contributed by atoms with Crippen molar-refractivity contribution in [1.29, 1.82) is 0 Å². The summed E-state index contributed by atoms with van der Waals surface area (Å²) in [5, 5.41) is 6.33. The quantitative estimate of drug-likeness (QED) is 0.0775. The third kappa shape index (κ3) is 15.5. The number of rotatable bonds is 17. The molecule has 0 aliphatic carbocycles. The molecule has 0 fully saturated rings. The highest BCUT2D eigenvalue weighted by Crippen LogP contribution is 2.13. The fourth-order valence-electron chi connectivity index (χ4n) is 2.93. The molecule has 0 N–H and O–H groups in total. The third-order valence-electron chi connectivity index (χ3n) is 4.86. The Kier molecular flexibility index (Phi) is 16.8. The second-order valence-corrected chi connectivity index (χ2v) is 13.5. The average molecular weight is 693 g/mol. The van der Waals surface area contributed by atoms with E-state index >= 15 is 0 Å². The van der Waals surface area contributed by atoms with Gasteiger partial charge in [0.1, 0.15) is 11.5 Å². The molecule has 0 bridgehead atoms. The normalized spacial score (nSPS) is 12.4. The van der Waals surface area contributed by atoms with Crippen LogP contribution in [-0.4, -0.2) is 91.0 Å². The van der Waals surface area contributed by atoms with Gasteiger partial charge in [-0.2, -0.15) is 16.8 Å². The van der Waals surface area contributed by atoms with E-state index in [0.29, 0.717) is 11.1 Å². The van der Waals surface area contributed by atoms with Crippen LogP contribution in [0.3, 0.4) is 0 Å². The Morgan fingerprint density at radius 1 is 0.614 bits per heavy atom. The van der Waals surface area contributed by atoms with E-state index in [9.17, 15) is 26.4 Å². The molecule has 0 heterocycles. The van der Waals surface area contributed by atoms with Crippen molar-refractivity contribution in [1.82, 2.24) is 0 Å². The number of carbonyl (C=O) groups is 2. The molecule has 0 atom stereocenters. The number of carbonyl (C=O) groups excluding carboxylic acids is 2. The first-order valence-corrected chi connectivity index (χ1v) is 17.8. The van der Waals surface area contributed by atoms with Crippen molar-refractivity contribution in [3.8, 4) is 0 Å². The summed E-state index contributed by atoms with van der Waals surface area (Å²) in [4.78, 5) is 23.9. The van der Waals surface area contributed by atoms with E-state index in [1.165, 1.54) is 0 Å². The van der Waals surface area contributed by atoms with Crippen LogP contribution >= 0.6 is 23.5 Å². The van der Waals surface area contributed by atoms with E-state index in [1.54, 1.807) is 60.7 Å². The Bertz CT molecular complexity index is 1340. The van der Waals surface area contributed by atoms with E-state index in [4.69, 9.17) is 9.47 Å². The number of esters is 2. The fraction of sp³-hybridized carbons (Fsp3) is 0.385. The van der Waals surface area contributed by atoms with Crippen molar-refractivity contribution in [3.63, 3.8) is 0 Å². The van der Waals surface area contributed by atoms with E-state index in [1.807, 2.05) is 0 Å². The molecule has 0 unspecified atom stereocenters. The zero-order chi connectivity index (χ0) is 32.3. The van der Waals surface area contributed by atoms with Crippen LogP contribution in [0.4, 0.5) is 0 Å². The summed E-state index contributed by atoms with van der Waals surface area (Å²) < 4.78 is 78.1. The Morgan fingerprint density at radius 2 is 0.977 bits per heavy atom. The fourth-order valence-corrected chi connectivity index (χ4v) is 6.08. The van der Waals surface area contributed by atoms with Crippen molar-refractivity contribution in [2.24, 2.45) is 10.3 Å². The largest absolute Gasteiger partial charge is 0.464 e. The van der Waals surface area contributed by atoms with E-state index in [-0.39, 0.29) is 48.0 Å². The predicted octanol–water partition coefficient (Wildman–Crippen LogP) is 2.55. The molecule has 0 amide bonds. The van der Waals surface area contributed by atoms with Gasteiger partial charge in [-0.05, 0) is 11.1 Å². The Balaban J connectivity index is 1.67. The van der Waals surface area contributed by atoms with Gasteiger partial charge in [-0.1, -0.05) is 94.5 Å². The van der Waals surface area contributed by atoms with E-state index in [2.05, 4.69) is 28.4 Å². The summed E-state index contributed by atoms with van der Waals surface area (Å²) in [5.74, 6) is -2.09. The van der Waals surface area contributed by atoms with Crippen LogP contribution in [0.1, 0.15) is 11.1 Å². The van der Waals surface area contributed by atoms with Gasteiger partial charge in [0.2, 0.25) is 10.1 Å². The van der Waals surface area contributed by atoms with Crippen molar-refractivity contribution >= 4 is 65.8 Å². The molecular weight excluding hydrogens is 661 g/mol. The lowest BCUT2D eigenvalue weighted by molar-refractivity contribution is -0.133. The summed E-state index contributed by atoms with van der Waals surface area (Å²) in [5.41, 5.74) is 1.00. The molecule has 2 rings (SSSR count). The first-order chi connectivity index (χ1) is 21.0. The van der Waals surface area contributed by atoms with Crippen LogP contribution < -0.4 is 0 Å². The van der Waals surface area contributed by atoms with Gasteiger partial charge in [0, 0.05) is 11.5 Å². The molecule has 0 saturated heterocycles. The van der Waals surface area contributed by atoms with Crippen LogP contribution in [0.25, 0.3) is 0 Å². The Morgan fingerprint density at radius 3 is 1.32 bits per heavy atom. The monoisotopic (exact) mass is 692 g/mol. The lowest BCUT2D eigenvalue weighted by Crippen LogP contribution is -2.17. The molecule has 2 aromatic carbocycles. The summed E-state index contributed by atoms with van der Waals surface area (Å²) >= 11 is 1.79. The maximum Gasteiger partial charge on any atom is 0.366 e. The number of thioether (sulfide) groups is 2. The molecule has 0 aromatic heterocycles. The van der Waals surface area contributed by atoms with Gasteiger partial charge >= 0.3 is 32.2 Å². The van der Waals surface area contributed by atoms with Gasteiger partial charge in [-0.15, -0.1) is 0 Å². The molecule has 0 aliphatic heterocycles. The second kappa shape index (κ2) is 20.0. The predicted molar refractivity (Wildman–Crippen MR) is 166 cm³/mol. The molecule has 242 valence electrons. The van der Waals surface area contributed by atoms with Crippen LogP contribution in [0.15, 0.2) is 71.0 Å². The minimum atomic E-state index is -4.08. The molecule has 14 nitrogen and oxygen atoms in total. The number of hydrogen-bond donors (Lipinski definition) is 0. The van der Waals surface area contributed by atoms with Crippen molar-refractivity contribution in [2.75, 3.05) is 52.2 Å². The van der Waals surface area contributed by atoms with Crippen LogP contribution in [0.5, 0.6) is 0 Å². The lowest BCUT2D eigenvalue weighted by atomic mass is 10.2. The van der Waals surface area contributed by atoms with Crippen molar-refractivity contribution < 1.29 is 53.9 Å². The standard InChI is InChI=1S/C26H32N2O12S4/c1-35-25(29)23(27-39-43(31,32)19-21-9-5-3-6-10-21)41-17-15-37-13-14-38-16-18-42-24(26(30)36-2)28-40-44(33,34)20-22-11-7-4-8-12-22/h3-12H,13-20H2,1-2H3. The maximum absolute atomic E-state index is 12.2. The SMILES string of the molecule is COC(=O)C(=NOS(=O)(=O)Cc1ccccc1)SCCOCCOCCSC(=NOS(=O)(=O)Cc1ccccc1)C(=O)OC. The molecule has 2 aromatic rings. The van der Waals surface area contributed by atoms with Gasteiger partial charge in [0.25, 0.3) is 0 Å². The number of nitrogens with zero attached hydrogens (tertiary/aromatic N) is 2. The minimum Gasteiger partial charge on any atom is -0.464 e. The van der Waals surface area contributed by atoms with Crippen LogP contribution in [-0.2, 0) is 68.8 Å². The molecular formula is C26H32N2O12S4. The molecule has 18 heteroatoms. The van der Waals surface area contributed by atoms with Crippen LogP contribution in [0.2, 0.25) is 0 Å². The molecule has 0 spiro atoms. The zero-order valence-corrected chi connectivity index (χ0v) is 27.1. The third-order valence-corrected chi connectivity index (χ3v) is 8.61. The molecule has 0 radical (unpaired) electrons. The number of oxime groups is 2. The van der Waals surface area contributed by atoms with Gasteiger partial charge in [-0.25, -0.2) is 9.59 Å². The van der Waals surface area contributed by atoms with E-state index < -0.39 is 43.7 Å². The minimum absolute atomic E-state index is 0.170. The maximum atomic E-state index is 12.2. The van der Waals surface area contributed by atoms with Gasteiger partial charge in [0.15, 0.2) is 0 Å². The smallest absolute Gasteiger partial charge is 0.366 e. The van der Waals surface area contributed by atoms with Crippen LogP contribution in [0, 0.1) is 0 Å². The highest BCUT2D eigenvalue weighted by molar-refractivity contribution is 8.16. The second-order valence-electron chi connectivity index (χ2n) is 8.22. The number of hydrogen-bond acceptors (Lipinski definition) is 16. The van der Waals surface area contributed by atoms with Gasteiger partial charge in [-0.3, -0.25) is 8.57 Å². The van der Waals surface area contributed by atoms with Crippen molar-refractivity contribution in [2.45, 2.75) is 11.5 Å². The number of ether oxygens (including phenoxy) is 4. The molecule has 44 heavy (non-hydrogen) atoms. The summed E-state index contributed by atoms with van der Waals surface area (Å²) in [6.07, 6.45) is 0. The van der Waals surface area contributed by atoms with E-state index in [0.717, 1.165) is 37.7 Å². The number of methoxy groups -OCH3 is 2. The summed E-state index contributed by atoms with van der Waals surface area (Å²) in [6, 6.07) is 16.7. The highest BCUT2D eigenvalue weighted by Gasteiger charge is 2.19. The van der Waals surface area contributed by atoms with Gasteiger partial charge < -0.3 is 18.9 Å². The first kappa shape index (κ1) is 37.0. The Labute approximate surface area is 264 Å². The zero-order valence-electron chi connectivity index (χ0n) is 23.9.